The van der Waals surface area contributed by atoms with Crippen LogP contribution in [0.15, 0.2) is 64.2 Å². The van der Waals surface area contributed by atoms with E-state index in [1.165, 1.54) is 11.6 Å². The SMILES string of the molecule is CCc1ccc(OCCCOc2ccc(/C=C3/C(=N)N4N=C(S(C)(=O)=O)SC4=NC3=O)cc2)cc1. The molecular formula is C24H24N4O5S2. The van der Waals surface area contributed by atoms with Crippen molar-refractivity contribution in [3.05, 3.63) is 65.2 Å². The largest absolute Gasteiger partial charge is 0.493 e. The first-order chi connectivity index (χ1) is 16.7. The molecule has 182 valence electrons. The van der Waals surface area contributed by atoms with Gasteiger partial charge in [0, 0.05) is 12.7 Å². The monoisotopic (exact) mass is 512 g/mol. The molecule has 2 aromatic rings. The zero-order valence-electron chi connectivity index (χ0n) is 19.2. The second-order valence-corrected chi connectivity index (χ2v) is 10.9. The molecule has 2 aliphatic heterocycles. The van der Waals surface area contributed by atoms with E-state index in [4.69, 9.17) is 14.9 Å². The highest BCUT2D eigenvalue weighted by Gasteiger charge is 2.38. The van der Waals surface area contributed by atoms with Crippen LogP contribution in [-0.4, -0.2) is 54.2 Å². The Morgan fingerprint density at radius 1 is 1.03 bits per heavy atom. The third kappa shape index (κ3) is 5.98. The molecule has 1 N–H and O–H groups in total. The highest BCUT2D eigenvalue weighted by Crippen LogP contribution is 2.30. The second kappa shape index (κ2) is 10.4. The van der Waals surface area contributed by atoms with E-state index in [1.54, 1.807) is 24.3 Å². The van der Waals surface area contributed by atoms with Gasteiger partial charge in [-0.1, -0.05) is 31.2 Å². The van der Waals surface area contributed by atoms with Crippen LogP contribution < -0.4 is 9.47 Å². The van der Waals surface area contributed by atoms with Crippen molar-refractivity contribution in [2.45, 2.75) is 19.8 Å². The lowest BCUT2D eigenvalue weighted by atomic mass is 10.1. The number of aryl methyl sites for hydroxylation is 1. The molecule has 2 aromatic carbocycles. The Labute approximate surface area is 208 Å². The Bertz CT molecular complexity index is 1330. The number of nitrogens with zero attached hydrogens (tertiary/aromatic N) is 3. The van der Waals surface area contributed by atoms with Crippen LogP contribution in [0.4, 0.5) is 0 Å². The standard InChI is InChI=1S/C24H24N4O5S2/c1-3-16-5-9-18(10-6-16)32-13-4-14-33-19-11-7-17(8-12-19)15-20-21(25)28-23(26-22(20)29)34-24(27-28)35(2,30)31/h5-12,15,25H,3-4,13-14H2,1-2H3/b20-15-,25-21?. The minimum Gasteiger partial charge on any atom is -0.493 e. The zero-order valence-corrected chi connectivity index (χ0v) is 20.9. The van der Waals surface area contributed by atoms with E-state index >= 15 is 0 Å². The number of hydrogen-bond acceptors (Lipinski definition) is 8. The number of carbonyl (C=O) groups is 1. The Morgan fingerprint density at radius 3 is 2.20 bits per heavy atom. The van der Waals surface area contributed by atoms with Gasteiger partial charge in [0.25, 0.3) is 5.91 Å². The summed E-state index contributed by atoms with van der Waals surface area (Å²) >= 11 is 0.754. The number of amidine groups is 2. The van der Waals surface area contributed by atoms with Crippen LogP contribution in [0.3, 0.4) is 0 Å². The fraction of sp³-hybridized carbons (Fsp3) is 0.250. The molecule has 0 saturated carbocycles. The van der Waals surface area contributed by atoms with E-state index in [-0.39, 0.29) is 21.0 Å². The van der Waals surface area contributed by atoms with Crippen molar-refractivity contribution in [2.75, 3.05) is 19.5 Å². The van der Waals surface area contributed by atoms with Crippen LogP contribution in [-0.2, 0) is 21.1 Å². The molecule has 0 fully saturated rings. The lowest BCUT2D eigenvalue weighted by molar-refractivity contribution is -0.114. The van der Waals surface area contributed by atoms with Gasteiger partial charge in [-0.05, 0) is 59.7 Å². The van der Waals surface area contributed by atoms with Crippen molar-refractivity contribution in [2.24, 2.45) is 10.1 Å². The van der Waals surface area contributed by atoms with Gasteiger partial charge in [0.2, 0.25) is 19.4 Å². The highest BCUT2D eigenvalue weighted by atomic mass is 32.3. The maximum absolute atomic E-state index is 12.4. The molecule has 2 heterocycles. The number of ether oxygens (including phenoxy) is 2. The summed E-state index contributed by atoms with van der Waals surface area (Å²) in [5.74, 6) is 0.659. The van der Waals surface area contributed by atoms with E-state index in [0.717, 1.165) is 41.6 Å². The van der Waals surface area contributed by atoms with Crippen LogP contribution in [0, 0.1) is 5.41 Å². The van der Waals surface area contributed by atoms with Crippen molar-refractivity contribution < 1.29 is 22.7 Å². The molecule has 0 aromatic heterocycles. The van der Waals surface area contributed by atoms with Crippen molar-refractivity contribution in [1.82, 2.24) is 5.01 Å². The van der Waals surface area contributed by atoms with Gasteiger partial charge in [-0.25, -0.2) is 8.42 Å². The lowest BCUT2D eigenvalue weighted by Crippen LogP contribution is -2.35. The zero-order chi connectivity index (χ0) is 25.0. The van der Waals surface area contributed by atoms with Crippen molar-refractivity contribution in [1.29, 1.82) is 5.41 Å². The number of benzene rings is 2. The molecule has 35 heavy (non-hydrogen) atoms. The predicted octanol–water partition coefficient (Wildman–Crippen LogP) is 3.72. The van der Waals surface area contributed by atoms with E-state index < -0.39 is 15.7 Å². The highest BCUT2D eigenvalue weighted by molar-refractivity contribution is 8.42. The molecule has 9 nitrogen and oxygen atoms in total. The van der Waals surface area contributed by atoms with Gasteiger partial charge in [0.05, 0.1) is 18.8 Å². The van der Waals surface area contributed by atoms with Crippen LogP contribution in [0.1, 0.15) is 24.5 Å². The van der Waals surface area contributed by atoms with Crippen LogP contribution in [0.25, 0.3) is 6.08 Å². The van der Waals surface area contributed by atoms with Gasteiger partial charge in [-0.15, -0.1) is 5.10 Å². The van der Waals surface area contributed by atoms with Gasteiger partial charge in [-0.3, -0.25) is 10.2 Å². The average Bonchev–Trinajstić information content (AvgIpc) is 3.28. The van der Waals surface area contributed by atoms with E-state index in [2.05, 4.69) is 29.2 Å². The number of thioether (sulfide) groups is 1. The summed E-state index contributed by atoms with van der Waals surface area (Å²) in [6.45, 7) is 3.14. The van der Waals surface area contributed by atoms with Crippen molar-refractivity contribution in [3.8, 4) is 11.5 Å². The maximum Gasteiger partial charge on any atom is 0.283 e. The number of hydrogen-bond donors (Lipinski definition) is 1. The van der Waals surface area contributed by atoms with Gasteiger partial charge in [0.15, 0.2) is 5.84 Å². The topological polar surface area (TPSA) is 121 Å². The smallest absolute Gasteiger partial charge is 0.283 e. The Morgan fingerprint density at radius 2 is 1.63 bits per heavy atom. The summed E-state index contributed by atoms with van der Waals surface area (Å²) in [6.07, 6.45) is 4.25. The molecule has 0 radical (unpaired) electrons. The van der Waals surface area contributed by atoms with Crippen LogP contribution in [0.5, 0.6) is 11.5 Å². The molecule has 4 rings (SSSR count). The molecule has 1 amide bonds. The number of amides is 1. The first kappa shape index (κ1) is 24.7. The van der Waals surface area contributed by atoms with Gasteiger partial charge < -0.3 is 9.47 Å². The van der Waals surface area contributed by atoms with E-state index in [9.17, 15) is 13.2 Å². The number of rotatable bonds is 8. The predicted molar refractivity (Wildman–Crippen MR) is 138 cm³/mol. The lowest BCUT2D eigenvalue weighted by Gasteiger charge is -2.20. The van der Waals surface area contributed by atoms with Crippen molar-refractivity contribution in [3.63, 3.8) is 0 Å². The third-order valence-corrected chi connectivity index (χ3v) is 7.68. The molecule has 0 saturated heterocycles. The molecular weight excluding hydrogens is 488 g/mol. The average molecular weight is 513 g/mol. The van der Waals surface area contributed by atoms with E-state index in [0.29, 0.717) is 24.5 Å². The molecule has 2 aliphatic rings. The number of carbonyl (C=O) groups excluding carboxylic acids is 1. The Balaban J connectivity index is 1.31. The number of sulfone groups is 1. The van der Waals surface area contributed by atoms with Crippen molar-refractivity contribution >= 4 is 49.0 Å². The first-order valence-corrected chi connectivity index (χ1v) is 13.6. The number of aliphatic imine (C=N–C) groups is 1. The minimum absolute atomic E-state index is 0.0191. The van der Waals surface area contributed by atoms with Gasteiger partial charge in [-0.2, -0.15) is 10.0 Å². The first-order valence-electron chi connectivity index (χ1n) is 10.9. The summed E-state index contributed by atoms with van der Waals surface area (Å²) in [4.78, 5) is 16.3. The molecule has 11 heteroatoms. The summed E-state index contributed by atoms with van der Waals surface area (Å²) < 4.78 is 34.8. The molecule has 0 atom stereocenters. The third-order valence-electron chi connectivity index (χ3n) is 5.10. The summed E-state index contributed by atoms with van der Waals surface area (Å²) in [5, 5.41) is 13.4. The van der Waals surface area contributed by atoms with Gasteiger partial charge >= 0.3 is 0 Å². The van der Waals surface area contributed by atoms with Gasteiger partial charge in [0.1, 0.15) is 11.5 Å². The number of fused-ring (bicyclic) bond motifs is 1. The van der Waals surface area contributed by atoms with Crippen LogP contribution >= 0.6 is 11.8 Å². The van der Waals surface area contributed by atoms with E-state index in [1.807, 2.05) is 12.1 Å². The fourth-order valence-electron chi connectivity index (χ4n) is 3.21. The fourth-order valence-corrected chi connectivity index (χ4v) is 4.90. The summed E-state index contributed by atoms with van der Waals surface area (Å²) in [6, 6.07) is 15.1. The quantitative estimate of drug-likeness (QED) is 0.423. The Kier molecular flexibility index (Phi) is 7.37. The second-order valence-electron chi connectivity index (χ2n) is 7.78. The summed E-state index contributed by atoms with van der Waals surface area (Å²) in [5.41, 5.74) is 1.96. The minimum atomic E-state index is -3.57. The number of nitrogens with one attached hydrogen (secondary N) is 1. The number of hydrazone groups is 1. The molecule has 0 unspecified atom stereocenters. The normalized spacial score (nSPS) is 16.7. The summed E-state index contributed by atoms with van der Waals surface area (Å²) in [7, 11) is -3.57. The molecule has 0 aliphatic carbocycles. The maximum atomic E-state index is 12.4. The Hall–Kier alpha value is -3.44. The van der Waals surface area contributed by atoms with Crippen LogP contribution in [0.2, 0.25) is 0 Å². The molecule has 0 bridgehead atoms. The molecule has 0 spiro atoms.